The van der Waals surface area contributed by atoms with E-state index in [-0.39, 0.29) is 29.8 Å². The van der Waals surface area contributed by atoms with E-state index < -0.39 is 10.8 Å². The van der Waals surface area contributed by atoms with Gasteiger partial charge in [0, 0.05) is 44.4 Å². The minimum absolute atomic E-state index is 0.0662. The Hall–Kier alpha value is -3.62. The first-order valence-electron chi connectivity index (χ1n) is 11.1. The van der Waals surface area contributed by atoms with Crippen molar-refractivity contribution in [1.82, 2.24) is 10.2 Å². The van der Waals surface area contributed by atoms with Crippen molar-refractivity contribution in [3.8, 4) is 5.75 Å². The first-order valence-corrected chi connectivity index (χ1v) is 11.1. The number of anilines is 1. The lowest BCUT2D eigenvalue weighted by Gasteiger charge is -2.22. The molecule has 1 unspecified atom stereocenters. The van der Waals surface area contributed by atoms with Crippen LogP contribution in [0.2, 0.25) is 0 Å². The number of rotatable bonds is 9. The van der Waals surface area contributed by atoms with Crippen molar-refractivity contribution in [3.05, 3.63) is 63.7 Å². The van der Waals surface area contributed by atoms with E-state index in [2.05, 4.69) is 5.32 Å². The molecule has 0 spiro atoms. The van der Waals surface area contributed by atoms with Gasteiger partial charge in [-0.05, 0) is 37.5 Å². The molecule has 1 fully saturated rings. The second-order valence-corrected chi connectivity index (χ2v) is 8.20. The predicted octanol–water partition coefficient (Wildman–Crippen LogP) is 3.54. The van der Waals surface area contributed by atoms with E-state index in [0.717, 1.165) is 31.5 Å². The number of nitrogens with zero attached hydrogens (tertiary/aromatic N) is 3. The maximum Gasteiger partial charge on any atom is 0.293 e. The van der Waals surface area contributed by atoms with Crippen LogP contribution in [0.25, 0.3) is 0 Å². The average Bonchev–Trinajstić information content (AvgIpc) is 3.35. The van der Waals surface area contributed by atoms with Crippen molar-refractivity contribution in [1.29, 1.82) is 0 Å². The van der Waals surface area contributed by atoms with Crippen LogP contribution >= 0.6 is 0 Å². The average molecular weight is 455 g/mol. The van der Waals surface area contributed by atoms with Gasteiger partial charge in [-0.25, -0.2) is 0 Å². The molecule has 1 N–H and O–H groups in total. The monoisotopic (exact) mass is 454 g/mol. The molecule has 0 saturated carbocycles. The minimum Gasteiger partial charge on any atom is -0.483 e. The Labute approximate surface area is 193 Å². The molecule has 9 nitrogen and oxygen atoms in total. The quantitative estimate of drug-likeness (QED) is 0.459. The number of benzene rings is 2. The molecule has 1 aliphatic heterocycles. The summed E-state index contributed by atoms with van der Waals surface area (Å²) >= 11 is 0. The normalized spacial score (nSPS) is 14.0. The molecule has 0 bridgehead atoms. The lowest BCUT2D eigenvalue weighted by molar-refractivity contribution is -0.384. The molecule has 1 heterocycles. The number of carbonyl (C=O) groups is 2. The molecule has 0 radical (unpaired) electrons. The third-order valence-electron chi connectivity index (χ3n) is 5.74. The number of amides is 2. The molecule has 0 aromatic heterocycles. The summed E-state index contributed by atoms with van der Waals surface area (Å²) in [5, 5.41) is 14.6. The Balaban J connectivity index is 1.80. The van der Waals surface area contributed by atoms with E-state index in [0.29, 0.717) is 17.9 Å². The zero-order chi connectivity index (χ0) is 24.0. The second-order valence-electron chi connectivity index (χ2n) is 8.20. The van der Waals surface area contributed by atoms with E-state index in [1.165, 1.54) is 11.0 Å². The van der Waals surface area contributed by atoms with Gasteiger partial charge < -0.3 is 19.9 Å². The SMILES string of the molecule is CCC(NC(=O)c1ccc(N2CCCC2)c([N+](=O)[O-])c1)c1ccccc1OCC(=O)N(C)C. The lowest BCUT2D eigenvalue weighted by Crippen LogP contribution is -2.30. The van der Waals surface area contributed by atoms with Gasteiger partial charge in [0.2, 0.25) is 0 Å². The van der Waals surface area contributed by atoms with Gasteiger partial charge in [0.1, 0.15) is 11.4 Å². The number of hydrogen-bond donors (Lipinski definition) is 1. The van der Waals surface area contributed by atoms with Gasteiger partial charge in [-0.3, -0.25) is 19.7 Å². The Morgan fingerprint density at radius 1 is 1.18 bits per heavy atom. The van der Waals surface area contributed by atoms with Crippen molar-refractivity contribution in [2.75, 3.05) is 38.7 Å². The number of para-hydroxylation sites is 1. The van der Waals surface area contributed by atoms with E-state index >= 15 is 0 Å². The molecular formula is C24H30N4O5. The van der Waals surface area contributed by atoms with Crippen LogP contribution in [0.4, 0.5) is 11.4 Å². The topological polar surface area (TPSA) is 105 Å². The zero-order valence-electron chi connectivity index (χ0n) is 19.2. The van der Waals surface area contributed by atoms with Gasteiger partial charge in [-0.1, -0.05) is 25.1 Å². The van der Waals surface area contributed by atoms with Crippen LogP contribution in [0.1, 0.15) is 48.1 Å². The molecule has 3 rings (SSSR count). The third kappa shape index (κ3) is 5.79. The fraction of sp³-hybridized carbons (Fsp3) is 0.417. The van der Waals surface area contributed by atoms with Crippen molar-refractivity contribution >= 4 is 23.2 Å². The smallest absolute Gasteiger partial charge is 0.293 e. The van der Waals surface area contributed by atoms with Gasteiger partial charge in [0.15, 0.2) is 6.61 Å². The number of nitro groups is 1. The highest BCUT2D eigenvalue weighted by Gasteiger charge is 2.25. The highest BCUT2D eigenvalue weighted by molar-refractivity contribution is 5.96. The summed E-state index contributed by atoms with van der Waals surface area (Å²) in [5.74, 6) is -0.0698. The standard InChI is InChI=1S/C24H30N4O5/c1-4-19(18-9-5-6-10-22(18)33-16-23(29)26(2)3)25-24(30)17-11-12-20(21(15-17)28(31)32)27-13-7-8-14-27/h5-6,9-12,15,19H,4,7-8,13-14,16H2,1-3H3,(H,25,30). The molecule has 9 heteroatoms. The van der Waals surface area contributed by atoms with Gasteiger partial charge in [-0.2, -0.15) is 0 Å². The molecule has 2 aromatic carbocycles. The van der Waals surface area contributed by atoms with Gasteiger partial charge in [-0.15, -0.1) is 0 Å². The highest BCUT2D eigenvalue weighted by atomic mass is 16.6. The summed E-state index contributed by atoms with van der Waals surface area (Å²) in [5.41, 5.74) is 1.45. The molecule has 0 aliphatic carbocycles. The molecule has 2 aromatic rings. The van der Waals surface area contributed by atoms with E-state index in [1.54, 1.807) is 38.4 Å². The first-order chi connectivity index (χ1) is 15.8. The Morgan fingerprint density at radius 2 is 1.88 bits per heavy atom. The Kier molecular flexibility index (Phi) is 7.87. The van der Waals surface area contributed by atoms with Crippen molar-refractivity contribution < 1.29 is 19.2 Å². The largest absolute Gasteiger partial charge is 0.483 e. The summed E-state index contributed by atoms with van der Waals surface area (Å²) in [7, 11) is 3.31. The van der Waals surface area contributed by atoms with Gasteiger partial charge >= 0.3 is 0 Å². The van der Waals surface area contributed by atoms with Crippen molar-refractivity contribution in [2.45, 2.75) is 32.2 Å². The molecule has 33 heavy (non-hydrogen) atoms. The maximum atomic E-state index is 13.0. The maximum absolute atomic E-state index is 13.0. The van der Waals surface area contributed by atoms with Crippen LogP contribution in [0.15, 0.2) is 42.5 Å². The second kappa shape index (κ2) is 10.8. The molecule has 2 amide bonds. The van der Waals surface area contributed by atoms with Gasteiger partial charge in [0.05, 0.1) is 11.0 Å². The number of ether oxygens (including phenoxy) is 1. The first kappa shape index (κ1) is 24.0. The lowest BCUT2D eigenvalue weighted by atomic mass is 10.0. The Bertz CT molecular complexity index is 1020. The summed E-state index contributed by atoms with van der Waals surface area (Å²) in [6.45, 7) is 3.36. The number of hydrogen-bond acceptors (Lipinski definition) is 6. The molecule has 1 atom stereocenters. The zero-order valence-corrected chi connectivity index (χ0v) is 19.2. The summed E-state index contributed by atoms with van der Waals surface area (Å²) in [6.07, 6.45) is 2.57. The predicted molar refractivity (Wildman–Crippen MR) is 126 cm³/mol. The van der Waals surface area contributed by atoms with Crippen LogP contribution in [-0.4, -0.2) is 55.4 Å². The number of likely N-dealkylation sites (N-methyl/N-ethyl adjacent to an activating group) is 1. The van der Waals surface area contributed by atoms with E-state index in [4.69, 9.17) is 4.74 Å². The van der Waals surface area contributed by atoms with Gasteiger partial charge in [0.25, 0.3) is 17.5 Å². The van der Waals surface area contributed by atoms with Crippen LogP contribution in [0.3, 0.4) is 0 Å². The Morgan fingerprint density at radius 3 is 2.52 bits per heavy atom. The van der Waals surface area contributed by atoms with Crippen molar-refractivity contribution in [3.63, 3.8) is 0 Å². The number of carbonyl (C=O) groups excluding carboxylic acids is 2. The van der Waals surface area contributed by atoms with E-state index in [1.807, 2.05) is 24.0 Å². The fourth-order valence-electron chi connectivity index (χ4n) is 3.85. The molecule has 1 aliphatic rings. The van der Waals surface area contributed by atoms with E-state index in [9.17, 15) is 19.7 Å². The fourth-order valence-corrected chi connectivity index (χ4v) is 3.85. The van der Waals surface area contributed by atoms with Crippen LogP contribution in [-0.2, 0) is 4.79 Å². The minimum atomic E-state index is -0.438. The summed E-state index contributed by atoms with van der Waals surface area (Å²) in [4.78, 5) is 39.6. The van der Waals surface area contributed by atoms with Crippen LogP contribution < -0.4 is 15.0 Å². The summed E-state index contributed by atoms with van der Waals surface area (Å²) in [6, 6.07) is 11.5. The molecule has 176 valence electrons. The molecular weight excluding hydrogens is 424 g/mol. The van der Waals surface area contributed by atoms with Crippen LogP contribution in [0.5, 0.6) is 5.75 Å². The van der Waals surface area contributed by atoms with Crippen molar-refractivity contribution in [2.24, 2.45) is 0 Å². The molecule has 1 saturated heterocycles. The third-order valence-corrected chi connectivity index (χ3v) is 5.74. The highest BCUT2D eigenvalue weighted by Crippen LogP contribution is 2.32. The number of nitrogens with one attached hydrogen (secondary N) is 1. The summed E-state index contributed by atoms with van der Waals surface area (Å²) < 4.78 is 5.72. The number of nitro benzene ring substituents is 1. The van der Waals surface area contributed by atoms with Crippen LogP contribution in [0, 0.1) is 10.1 Å².